The minimum atomic E-state index is -4.83. The van der Waals surface area contributed by atoms with Crippen molar-refractivity contribution in [2.24, 2.45) is 11.7 Å². The van der Waals surface area contributed by atoms with Gasteiger partial charge in [-0.05, 0) is 31.5 Å². The Labute approximate surface area is 150 Å². The molecule has 0 fully saturated rings. The average Bonchev–Trinajstić information content (AvgIpc) is 2.50. The van der Waals surface area contributed by atoms with Gasteiger partial charge in [0, 0.05) is 6.54 Å². The first-order valence-corrected chi connectivity index (χ1v) is 8.63. The van der Waals surface area contributed by atoms with E-state index in [4.69, 9.17) is 5.73 Å². The summed E-state index contributed by atoms with van der Waals surface area (Å²) in [5.41, 5.74) is 4.11. The number of alkyl halides is 3. The fourth-order valence-corrected chi connectivity index (χ4v) is 3.23. The first-order valence-electron chi connectivity index (χ1n) is 7.15. The van der Waals surface area contributed by atoms with Gasteiger partial charge in [0.15, 0.2) is 0 Å². The maximum absolute atomic E-state index is 12.9. The van der Waals surface area contributed by atoms with E-state index >= 15 is 0 Å². The molecule has 0 aromatic heterocycles. The summed E-state index contributed by atoms with van der Waals surface area (Å²) in [4.78, 5) is 10.9. The molecule has 2 atom stereocenters. The molecule has 0 saturated heterocycles. The van der Waals surface area contributed by atoms with Gasteiger partial charge in [0.25, 0.3) is 0 Å². The van der Waals surface area contributed by atoms with Crippen molar-refractivity contribution in [3.8, 4) is 0 Å². The van der Waals surface area contributed by atoms with E-state index < -0.39 is 38.6 Å². The minimum absolute atomic E-state index is 0. The number of sulfonamides is 1. The Kier molecular flexibility index (Phi) is 8.86. The van der Waals surface area contributed by atoms with Crippen molar-refractivity contribution in [1.29, 1.82) is 0 Å². The monoisotopic (exact) mass is 403 g/mol. The highest BCUT2D eigenvalue weighted by atomic mass is 35.5. The second-order valence-electron chi connectivity index (χ2n) is 5.42. The van der Waals surface area contributed by atoms with Crippen LogP contribution in [-0.2, 0) is 21.0 Å². The third kappa shape index (κ3) is 6.81. The van der Waals surface area contributed by atoms with Gasteiger partial charge in [0.05, 0.1) is 16.5 Å². The normalized spacial score (nSPS) is 14.3. The standard InChI is InChI=1S/C14H20F3N3O3S.ClH/c1-9(7-18)8-19-13(21)10(2)20-24(22,23)12-6-4-3-5-11(12)14(15,16)17;/h3-6,9-10,20H,7-8,18H2,1-2H3,(H,19,21);1H. The molecular formula is C14H21ClF3N3O3S. The molecule has 0 aliphatic rings. The fourth-order valence-electron chi connectivity index (χ4n) is 1.80. The van der Waals surface area contributed by atoms with Crippen molar-refractivity contribution in [2.75, 3.05) is 13.1 Å². The molecule has 2 unspecified atom stereocenters. The Morgan fingerprint density at radius 3 is 2.32 bits per heavy atom. The van der Waals surface area contributed by atoms with Crippen LogP contribution in [-0.4, -0.2) is 33.5 Å². The largest absolute Gasteiger partial charge is 0.417 e. The SMILES string of the molecule is CC(CN)CNC(=O)C(C)NS(=O)(=O)c1ccccc1C(F)(F)F.Cl. The molecule has 1 aromatic rings. The van der Waals surface area contributed by atoms with Crippen LogP contribution >= 0.6 is 12.4 Å². The molecule has 0 heterocycles. The van der Waals surface area contributed by atoms with Gasteiger partial charge in [-0.15, -0.1) is 12.4 Å². The van der Waals surface area contributed by atoms with Crippen LogP contribution in [0, 0.1) is 5.92 Å². The Hall–Kier alpha value is -1.36. The van der Waals surface area contributed by atoms with Gasteiger partial charge in [-0.3, -0.25) is 4.79 Å². The van der Waals surface area contributed by atoms with E-state index in [-0.39, 0.29) is 24.9 Å². The van der Waals surface area contributed by atoms with Crippen molar-refractivity contribution in [3.63, 3.8) is 0 Å². The van der Waals surface area contributed by atoms with Gasteiger partial charge < -0.3 is 11.1 Å². The minimum Gasteiger partial charge on any atom is -0.354 e. The van der Waals surface area contributed by atoms with E-state index in [1.165, 1.54) is 13.0 Å². The van der Waals surface area contributed by atoms with Crippen molar-refractivity contribution < 1.29 is 26.4 Å². The number of hydrogen-bond acceptors (Lipinski definition) is 4. The second kappa shape index (κ2) is 9.37. The predicted octanol–water partition coefficient (Wildman–Crippen LogP) is 1.51. The smallest absolute Gasteiger partial charge is 0.354 e. The summed E-state index contributed by atoms with van der Waals surface area (Å²) in [5, 5.41) is 2.48. The lowest BCUT2D eigenvalue weighted by atomic mass is 10.2. The molecule has 1 aromatic carbocycles. The number of amides is 1. The highest BCUT2D eigenvalue weighted by Gasteiger charge is 2.37. The number of carbonyl (C=O) groups is 1. The van der Waals surface area contributed by atoms with E-state index in [9.17, 15) is 26.4 Å². The maximum atomic E-state index is 12.9. The molecule has 0 aliphatic heterocycles. The molecule has 1 rings (SSSR count). The highest BCUT2D eigenvalue weighted by molar-refractivity contribution is 7.89. The quantitative estimate of drug-likeness (QED) is 0.642. The maximum Gasteiger partial charge on any atom is 0.417 e. The number of rotatable bonds is 7. The zero-order valence-electron chi connectivity index (χ0n) is 13.6. The van der Waals surface area contributed by atoms with Gasteiger partial charge in [-0.1, -0.05) is 19.1 Å². The molecule has 0 radical (unpaired) electrons. The van der Waals surface area contributed by atoms with Crippen LogP contribution in [0.4, 0.5) is 13.2 Å². The highest BCUT2D eigenvalue weighted by Crippen LogP contribution is 2.33. The topological polar surface area (TPSA) is 101 Å². The molecule has 0 spiro atoms. The number of carbonyl (C=O) groups excluding carboxylic acids is 1. The van der Waals surface area contributed by atoms with Crippen LogP contribution in [0.5, 0.6) is 0 Å². The number of nitrogens with two attached hydrogens (primary N) is 1. The summed E-state index contributed by atoms with van der Waals surface area (Å²) in [6, 6.07) is 2.54. The van der Waals surface area contributed by atoms with Gasteiger partial charge >= 0.3 is 6.18 Å². The van der Waals surface area contributed by atoms with E-state index in [2.05, 4.69) is 5.32 Å². The number of halogens is 4. The fraction of sp³-hybridized carbons (Fsp3) is 0.500. The number of nitrogens with one attached hydrogen (secondary N) is 2. The summed E-state index contributed by atoms with van der Waals surface area (Å²) in [7, 11) is -4.52. The predicted molar refractivity (Wildman–Crippen MR) is 89.7 cm³/mol. The zero-order chi connectivity index (χ0) is 18.5. The Morgan fingerprint density at radius 1 is 1.24 bits per heavy atom. The molecule has 25 heavy (non-hydrogen) atoms. The van der Waals surface area contributed by atoms with Gasteiger partial charge in [0.1, 0.15) is 0 Å². The second-order valence-corrected chi connectivity index (χ2v) is 7.11. The van der Waals surface area contributed by atoms with Gasteiger partial charge in [-0.25, -0.2) is 8.42 Å². The van der Waals surface area contributed by atoms with E-state index in [0.717, 1.165) is 12.1 Å². The molecule has 1 amide bonds. The zero-order valence-corrected chi connectivity index (χ0v) is 15.3. The average molecular weight is 404 g/mol. The van der Waals surface area contributed by atoms with Crippen molar-refractivity contribution in [3.05, 3.63) is 29.8 Å². The Balaban J connectivity index is 0.00000576. The van der Waals surface area contributed by atoms with Crippen molar-refractivity contribution in [1.82, 2.24) is 10.0 Å². The van der Waals surface area contributed by atoms with Crippen LogP contribution in [0.15, 0.2) is 29.2 Å². The van der Waals surface area contributed by atoms with Crippen molar-refractivity contribution >= 4 is 28.3 Å². The summed E-state index contributed by atoms with van der Waals surface area (Å²) >= 11 is 0. The molecule has 0 saturated carbocycles. The molecule has 4 N–H and O–H groups in total. The molecule has 0 bridgehead atoms. The van der Waals surface area contributed by atoms with Crippen LogP contribution in [0.25, 0.3) is 0 Å². The molecule has 11 heteroatoms. The first kappa shape index (κ1) is 23.6. The van der Waals surface area contributed by atoms with Gasteiger partial charge in [0.2, 0.25) is 15.9 Å². The molecule has 144 valence electrons. The first-order chi connectivity index (χ1) is 11.0. The van der Waals surface area contributed by atoms with Gasteiger partial charge in [-0.2, -0.15) is 17.9 Å². The molecular weight excluding hydrogens is 383 g/mol. The third-order valence-electron chi connectivity index (χ3n) is 3.23. The summed E-state index contributed by atoms with van der Waals surface area (Å²) in [6.45, 7) is 3.60. The van der Waals surface area contributed by atoms with E-state index in [1.54, 1.807) is 6.92 Å². The van der Waals surface area contributed by atoms with E-state index in [0.29, 0.717) is 12.6 Å². The van der Waals surface area contributed by atoms with Crippen LogP contribution in [0.1, 0.15) is 19.4 Å². The summed E-state index contributed by atoms with van der Waals surface area (Å²) in [6.07, 6.45) is -4.83. The Morgan fingerprint density at radius 2 is 1.80 bits per heavy atom. The lowest BCUT2D eigenvalue weighted by Gasteiger charge is -2.18. The lowest BCUT2D eigenvalue weighted by Crippen LogP contribution is -2.46. The number of hydrogen-bond donors (Lipinski definition) is 3. The van der Waals surface area contributed by atoms with Crippen LogP contribution < -0.4 is 15.8 Å². The van der Waals surface area contributed by atoms with E-state index in [1.807, 2.05) is 4.72 Å². The van der Waals surface area contributed by atoms with Crippen molar-refractivity contribution in [2.45, 2.75) is 31.0 Å². The van der Waals surface area contributed by atoms with Crippen LogP contribution in [0.2, 0.25) is 0 Å². The summed E-state index contributed by atoms with van der Waals surface area (Å²) < 4.78 is 65.2. The molecule has 6 nitrogen and oxygen atoms in total. The summed E-state index contributed by atoms with van der Waals surface area (Å²) in [5.74, 6) is -0.660. The number of benzene rings is 1. The molecule has 0 aliphatic carbocycles. The lowest BCUT2D eigenvalue weighted by molar-refractivity contribution is -0.139. The Bertz CT molecular complexity index is 683. The third-order valence-corrected chi connectivity index (χ3v) is 4.83. The van der Waals surface area contributed by atoms with Crippen LogP contribution in [0.3, 0.4) is 0 Å².